The second kappa shape index (κ2) is 5.90. The van der Waals surface area contributed by atoms with Gasteiger partial charge in [0.05, 0.1) is 11.1 Å². The van der Waals surface area contributed by atoms with Gasteiger partial charge in [-0.2, -0.15) is 0 Å². The first-order valence-electron chi connectivity index (χ1n) is 7.63. The average molecular weight is 304 g/mol. The first kappa shape index (κ1) is 14.7. The lowest BCUT2D eigenvalue weighted by Crippen LogP contribution is -2.42. The van der Waals surface area contributed by atoms with E-state index in [-0.39, 0.29) is 11.9 Å². The number of nitrogens with zero attached hydrogens (tertiary/aromatic N) is 3. The molecule has 0 bridgehead atoms. The number of aliphatic carboxylic acids is 1. The van der Waals surface area contributed by atoms with Crippen LogP contribution in [-0.4, -0.2) is 51.6 Å². The molecule has 2 fully saturated rings. The van der Waals surface area contributed by atoms with Gasteiger partial charge in [0, 0.05) is 44.6 Å². The largest absolute Gasteiger partial charge is 0.481 e. The normalized spacial score (nSPS) is 26.7. The minimum atomic E-state index is -0.759. The molecule has 0 unspecified atom stereocenters. The molecule has 1 saturated carbocycles. The highest BCUT2D eigenvalue weighted by molar-refractivity contribution is 5.80. The van der Waals surface area contributed by atoms with Crippen LogP contribution in [0.5, 0.6) is 0 Å². The molecule has 0 aromatic carbocycles. The van der Waals surface area contributed by atoms with Crippen LogP contribution in [0, 0.1) is 11.3 Å². The summed E-state index contributed by atoms with van der Waals surface area (Å²) in [6.45, 7) is 1.34. The van der Waals surface area contributed by atoms with Crippen molar-refractivity contribution >= 4 is 12.0 Å². The van der Waals surface area contributed by atoms with Crippen molar-refractivity contribution < 1.29 is 14.7 Å². The third-order valence-corrected chi connectivity index (χ3v) is 4.86. The third kappa shape index (κ3) is 2.63. The van der Waals surface area contributed by atoms with E-state index >= 15 is 0 Å². The molecule has 1 aliphatic carbocycles. The van der Waals surface area contributed by atoms with Gasteiger partial charge in [0.2, 0.25) is 0 Å². The van der Waals surface area contributed by atoms with Crippen LogP contribution in [0.1, 0.15) is 25.0 Å². The van der Waals surface area contributed by atoms with E-state index in [0.717, 1.165) is 18.5 Å². The second-order valence-corrected chi connectivity index (χ2v) is 6.11. The Kier molecular flexibility index (Phi) is 3.96. The number of likely N-dealkylation sites (tertiary alicyclic amines) is 1. The molecular formula is C15H20N4O3. The first-order chi connectivity index (χ1) is 10.6. The van der Waals surface area contributed by atoms with Gasteiger partial charge in [-0.1, -0.05) is 6.42 Å². The molecule has 1 aromatic heterocycles. The molecule has 0 radical (unpaired) electrons. The Hall–Kier alpha value is -2.18. The lowest BCUT2D eigenvalue weighted by molar-refractivity contribution is -0.149. The monoisotopic (exact) mass is 304 g/mol. The Morgan fingerprint density at radius 1 is 1.45 bits per heavy atom. The summed E-state index contributed by atoms with van der Waals surface area (Å²) in [5.74, 6) is -0.666. The molecule has 2 atom stereocenters. The lowest BCUT2D eigenvalue weighted by Gasteiger charge is -2.23. The SMILES string of the molecule is O=C(NCCc1cnccn1)N1C[C@@H]2CCC[C@@]2(C(=O)O)C1. The maximum atomic E-state index is 12.2. The van der Waals surface area contributed by atoms with E-state index in [4.69, 9.17) is 0 Å². The van der Waals surface area contributed by atoms with Gasteiger partial charge in [-0.15, -0.1) is 0 Å². The molecule has 2 aliphatic rings. The smallest absolute Gasteiger partial charge is 0.317 e. The summed E-state index contributed by atoms with van der Waals surface area (Å²) >= 11 is 0. The fourth-order valence-electron chi connectivity index (χ4n) is 3.66. The van der Waals surface area contributed by atoms with E-state index in [1.54, 1.807) is 23.5 Å². The number of urea groups is 1. The molecule has 1 saturated heterocycles. The van der Waals surface area contributed by atoms with Crippen molar-refractivity contribution in [3.05, 3.63) is 24.3 Å². The van der Waals surface area contributed by atoms with Crippen LogP contribution in [0.15, 0.2) is 18.6 Å². The van der Waals surface area contributed by atoms with Gasteiger partial charge in [0.1, 0.15) is 0 Å². The quantitative estimate of drug-likeness (QED) is 0.862. The standard InChI is InChI=1S/C15H20N4O3/c20-13(21)15-4-1-2-11(15)9-19(10-15)14(22)18-5-3-12-8-16-6-7-17-12/h6-8,11H,1-5,9-10H2,(H,18,22)(H,20,21)/t11-,15+/m0/s1. The van der Waals surface area contributed by atoms with E-state index in [2.05, 4.69) is 15.3 Å². The molecule has 2 N–H and O–H groups in total. The molecule has 7 nitrogen and oxygen atoms in total. The third-order valence-electron chi connectivity index (χ3n) is 4.86. The molecular weight excluding hydrogens is 284 g/mol. The van der Waals surface area contributed by atoms with Gasteiger partial charge >= 0.3 is 12.0 Å². The summed E-state index contributed by atoms with van der Waals surface area (Å²) < 4.78 is 0. The van der Waals surface area contributed by atoms with Crippen molar-refractivity contribution in [3.8, 4) is 0 Å². The number of carboxylic acid groups (broad SMARTS) is 1. The zero-order chi connectivity index (χ0) is 15.6. The number of rotatable bonds is 4. The Morgan fingerprint density at radius 2 is 2.32 bits per heavy atom. The van der Waals surface area contributed by atoms with Crippen LogP contribution >= 0.6 is 0 Å². The van der Waals surface area contributed by atoms with Gasteiger partial charge in [0.25, 0.3) is 0 Å². The Bertz CT molecular complexity index is 565. The summed E-state index contributed by atoms with van der Waals surface area (Å²) in [5, 5.41) is 12.4. The van der Waals surface area contributed by atoms with Crippen molar-refractivity contribution in [2.24, 2.45) is 11.3 Å². The van der Waals surface area contributed by atoms with Crippen LogP contribution < -0.4 is 5.32 Å². The van der Waals surface area contributed by atoms with Gasteiger partial charge in [-0.05, 0) is 18.8 Å². The molecule has 2 amide bonds. The van der Waals surface area contributed by atoms with Crippen LogP contribution in [0.4, 0.5) is 4.79 Å². The summed E-state index contributed by atoms with van der Waals surface area (Å²) in [6.07, 6.45) is 8.03. The highest BCUT2D eigenvalue weighted by Crippen LogP contribution is 2.48. The number of fused-ring (bicyclic) bond motifs is 1. The maximum absolute atomic E-state index is 12.2. The topological polar surface area (TPSA) is 95.4 Å². The van der Waals surface area contributed by atoms with Crippen LogP contribution in [0.2, 0.25) is 0 Å². The molecule has 22 heavy (non-hydrogen) atoms. The van der Waals surface area contributed by atoms with Crippen molar-refractivity contribution in [1.82, 2.24) is 20.2 Å². The van der Waals surface area contributed by atoms with Gasteiger partial charge in [0.15, 0.2) is 0 Å². The minimum Gasteiger partial charge on any atom is -0.481 e. The summed E-state index contributed by atoms with van der Waals surface area (Å²) in [6, 6.07) is -0.182. The molecule has 3 rings (SSSR count). The highest BCUT2D eigenvalue weighted by Gasteiger charge is 2.55. The lowest BCUT2D eigenvalue weighted by atomic mass is 9.81. The van der Waals surface area contributed by atoms with E-state index in [9.17, 15) is 14.7 Å². The fraction of sp³-hybridized carbons (Fsp3) is 0.600. The first-order valence-corrected chi connectivity index (χ1v) is 7.63. The van der Waals surface area contributed by atoms with Crippen molar-refractivity contribution in [2.45, 2.75) is 25.7 Å². The number of carbonyl (C=O) groups is 2. The number of aromatic nitrogens is 2. The van der Waals surface area contributed by atoms with E-state index in [0.29, 0.717) is 32.5 Å². The van der Waals surface area contributed by atoms with Crippen molar-refractivity contribution in [2.75, 3.05) is 19.6 Å². The average Bonchev–Trinajstić information content (AvgIpc) is 3.06. The highest BCUT2D eigenvalue weighted by atomic mass is 16.4. The fourth-order valence-corrected chi connectivity index (χ4v) is 3.66. The van der Waals surface area contributed by atoms with Crippen molar-refractivity contribution in [1.29, 1.82) is 0 Å². The Balaban J connectivity index is 1.53. The van der Waals surface area contributed by atoms with Crippen molar-refractivity contribution in [3.63, 3.8) is 0 Å². The van der Waals surface area contributed by atoms with E-state index in [1.807, 2.05) is 0 Å². The van der Waals surface area contributed by atoms with E-state index in [1.165, 1.54) is 0 Å². The summed E-state index contributed by atoms with van der Waals surface area (Å²) in [5.41, 5.74) is 0.102. The van der Waals surface area contributed by atoms with Crippen LogP contribution in [0.25, 0.3) is 0 Å². The number of amides is 2. The molecule has 2 heterocycles. The van der Waals surface area contributed by atoms with E-state index < -0.39 is 11.4 Å². The van der Waals surface area contributed by atoms with Crippen LogP contribution in [-0.2, 0) is 11.2 Å². The maximum Gasteiger partial charge on any atom is 0.317 e. The summed E-state index contributed by atoms with van der Waals surface area (Å²) in [4.78, 5) is 33.6. The predicted octanol–water partition coefficient (Wildman–Crippen LogP) is 0.915. The zero-order valence-corrected chi connectivity index (χ0v) is 12.4. The van der Waals surface area contributed by atoms with Gasteiger partial charge in [-0.3, -0.25) is 14.8 Å². The van der Waals surface area contributed by atoms with Gasteiger partial charge in [-0.25, -0.2) is 4.79 Å². The molecule has 7 heteroatoms. The zero-order valence-electron chi connectivity index (χ0n) is 12.4. The number of carboxylic acids is 1. The summed E-state index contributed by atoms with van der Waals surface area (Å²) in [7, 11) is 0. The number of hydrogen-bond donors (Lipinski definition) is 2. The second-order valence-electron chi connectivity index (χ2n) is 6.11. The number of carbonyl (C=O) groups excluding carboxylic acids is 1. The predicted molar refractivity (Wildman–Crippen MR) is 78.1 cm³/mol. The Labute approximate surface area is 128 Å². The molecule has 0 spiro atoms. The number of nitrogens with one attached hydrogen (secondary N) is 1. The number of hydrogen-bond acceptors (Lipinski definition) is 4. The Morgan fingerprint density at radius 3 is 3.00 bits per heavy atom. The van der Waals surface area contributed by atoms with Gasteiger partial charge < -0.3 is 15.3 Å². The molecule has 1 aromatic rings. The minimum absolute atomic E-state index is 0.0933. The molecule has 1 aliphatic heterocycles. The molecule has 118 valence electrons. The van der Waals surface area contributed by atoms with Crippen LogP contribution in [0.3, 0.4) is 0 Å².